The Morgan fingerprint density at radius 1 is 1.33 bits per heavy atom. The molecule has 118 valence electrons. The molecule has 0 aliphatic heterocycles. The van der Waals surface area contributed by atoms with Crippen LogP contribution in [0.2, 0.25) is 0 Å². The van der Waals surface area contributed by atoms with Crippen molar-refractivity contribution in [1.82, 2.24) is 4.98 Å². The largest absolute Gasteiger partial charge is 0.478 e. The number of esters is 1. The number of carbonyl (C=O) groups excluding carboxylic acids is 1. The number of nitrogen functional groups attached to an aromatic ring is 1. The van der Waals surface area contributed by atoms with Crippen LogP contribution >= 0.6 is 46.9 Å². The van der Waals surface area contributed by atoms with Crippen molar-refractivity contribution in [3.63, 3.8) is 0 Å². The van der Waals surface area contributed by atoms with Gasteiger partial charge in [0.15, 0.2) is 0 Å². The maximum atomic E-state index is 11.8. The molecule has 3 N–H and O–H groups in total. The molecule has 1 aromatic heterocycles. The summed E-state index contributed by atoms with van der Waals surface area (Å²) in [5, 5.41) is 8.97. The van der Waals surface area contributed by atoms with E-state index >= 15 is 0 Å². The van der Waals surface area contributed by atoms with Gasteiger partial charge in [0, 0.05) is 0 Å². The Morgan fingerprint density at radius 2 is 1.86 bits per heavy atom. The topological polar surface area (TPSA) is 103 Å². The van der Waals surface area contributed by atoms with E-state index in [-0.39, 0.29) is 28.1 Å². The molecule has 10 heteroatoms. The first-order valence-corrected chi connectivity index (χ1v) is 6.88. The fourth-order valence-corrected chi connectivity index (χ4v) is 2.25. The lowest BCUT2D eigenvalue weighted by molar-refractivity contribution is -0.130. The highest BCUT2D eigenvalue weighted by Gasteiger charge is 2.26. The van der Waals surface area contributed by atoms with Gasteiger partial charge in [0.1, 0.15) is 26.4 Å². The van der Waals surface area contributed by atoms with Gasteiger partial charge in [-0.15, -0.1) is 12.4 Å². The van der Waals surface area contributed by atoms with Crippen LogP contribution in [0.5, 0.6) is 0 Å². The fourth-order valence-electron chi connectivity index (χ4n) is 1.19. The third-order valence-electron chi connectivity index (χ3n) is 1.87. The average Bonchev–Trinajstić information content (AvgIpc) is 2.57. The third kappa shape index (κ3) is 5.35. The minimum absolute atomic E-state index is 0. The predicted octanol–water partition coefficient (Wildman–Crippen LogP) is 3.33. The van der Waals surface area contributed by atoms with Crippen molar-refractivity contribution < 1.29 is 19.4 Å². The van der Waals surface area contributed by atoms with Crippen molar-refractivity contribution in [3.05, 3.63) is 15.2 Å². The molecule has 21 heavy (non-hydrogen) atoms. The molecule has 0 saturated heterocycles. The van der Waals surface area contributed by atoms with E-state index in [0.717, 1.165) is 11.3 Å². The minimum Gasteiger partial charge on any atom is -0.478 e. The Balaban J connectivity index is 0.00000400. The van der Waals surface area contributed by atoms with Crippen LogP contribution in [0, 0.1) is 0 Å². The Morgan fingerprint density at radius 3 is 2.24 bits per heavy atom. The van der Waals surface area contributed by atoms with Crippen LogP contribution in [-0.4, -0.2) is 27.6 Å². The average molecular weight is 376 g/mol. The van der Waals surface area contributed by atoms with Crippen LogP contribution in [0.15, 0.2) is 4.49 Å². The van der Waals surface area contributed by atoms with E-state index in [2.05, 4.69) is 4.98 Å². The van der Waals surface area contributed by atoms with E-state index in [1.807, 2.05) is 0 Å². The SMILES string of the molecule is CC(C)(C)OC(=O)c1nc(C(C(=O)O)=C(Cl)Cl)c(N)s1.Cl. The monoisotopic (exact) mass is 374 g/mol. The number of nitrogens with zero attached hydrogens (tertiary/aromatic N) is 1. The molecule has 1 heterocycles. The number of ether oxygens (including phenoxy) is 1. The lowest BCUT2D eigenvalue weighted by atomic mass is 10.2. The Bertz CT molecular complexity index is 589. The molecule has 0 radical (unpaired) electrons. The zero-order chi connectivity index (χ0) is 15.7. The predicted molar refractivity (Wildman–Crippen MR) is 85.2 cm³/mol. The molecule has 0 aliphatic rings. The second-order valence-electron chi connectivity index (χ2n) is 4.67. The number of hydrogen-bond donors (Lipinski definition) is 2. The second kappa shape index (κ2) is 7.31. The van der Waals surface area contributed by atoms with E-state index in [4.69, 9.17) is 38.8 Å². The second-order valence-corrected chi connectivity index (χ2v) is 6.65. The highest BCUT2D eigenvalue weighted by molar-refractivity contribution is 7.17. The summed E-state index contributed by atoms with van der Waals surface area (Å²) >= 11 is 11.8. The number of rotatable bonds is 3. The van der Waals surface area contributed by atoms with Gasteiger partial charge in [-0.05, 0) is 20.8 Å². The van der Waals surface area contributed by atoms with E-state index in [1.165, 1.54) is 0 Å². The van der Waals surface area contributed by atoms with Gasteiger partial charge in [0.25, 0.3) is 0 Å². The molecular weight excluding hydrogens is 363 g/mol. The van der Waals surface area contributed by atoms with E-state index in [9.17, 15) is 9.59 Å². The number of carboxylic acid groups (broad SMARTS) is 1. The number of carboxylic acids is 1. The Kier molecular flexibility index (Phi) is 6.95. The molecule has 0 atom stereocenters. The normalized spacial score (nSPS) is 10.5. The molecule has 0 aromatic carbocycles. The molecular formula is C11H13Cl3N2O4S. The quantitative estimate of drug-likeness (QED) is 0.620. The van der Waals surface area contributed by atoms with E-state index in [0.29, 0.717) is 0 Å². The maximum Gasteiger partial charge on any atom is 0.368 e. The zero-order valence-electron chi connectivity index (χ0n) is 11.3. The molecule has 0 bridgehead atoms. The summed E-state index contributed by atoms with van der Waals surface area (Å²) in [7, 11) is 0. The summed E-state index contributed by atoms with van der Waals surface area (Å²) in [5.74, 6) is -2.09. The Labute approximate surface area is 141 Å². The minimum atomic E-state index is -1.39. The number of aromatic nitrogens is 1. The maximum absolute atomic E-state index is 11.8. The van der Waals surface area contributed by atoms with E-state index in [1.54, 1.807) is 20.8 Å². The summed E-state index contributed by atoms with van der Waals surface area (Å²) in [6.45, 7) is 5.09. The highest BCUT2D eigenvalue weighted by atomic mass is 35.5. The number of anilines is 1. The smallest absolute Gasteiger partial charge is 0.368 e. The van der Waals surface area contributed by atoms with E-state index < -0.39 is 27.6 Å². The first-order valence-electron chi connectivity index (χ1n) is 5.31. The van der Waals surface area contributed by atoms with Crippen LogP contribution < -0.4 is 5.73 Å². The van der Waals surface area contributed by atoms with Crippen LogP contribution in [0.1, 0.15) is 36.3 Å². The van der Waals surface area contributed by atoms with Gasteiger partial charge < -0.3 is 15.6 Å². The molecule has 0 fully saturated rings. The fraction of sp³-hybridized carbons (Fsp3) is 0.364. The van der Waals surface area contributed by atoms with Gasteiger partial charge in [0.05, 0.1) is 0 Å². The lowest BCUT2D eigenvalue weighted by Gasteiger charge is -2.18. The first kappa shape index (κ1) is 20.0. The van der Waals surface area contributed by atoms with Crippen molar-refractivity contribution in [2.75, 3.05) is 5.73 Å². The summed E-state index contributed by atoms with van der Waals surface area (Å²) in [4.78, 5) is 26.7. The number of halogens is 3. The molecule has 0 aliphatic carbocycles. The third-order valence-corrected chi connectivity index (χ3v) is 3.11. The van der Waals surface area contributed by atoms with Crippen LogP contribution in [0.4, 0.5) is 5.00 Å². The molecule has 0 unspecified atom stereocenters. The van der Waals surface area contributed by atoms with Crippen molar-refractivity contribution >= 4 is 69.5 Å². The van der Waals surface area contributed by atoms with Gasteiger partial charge in [-0.3, -0.25) is 0 Å². The van der Waals surface area contributed by atoms with Crippen LogP contribution in [-0.2, 0) is 9.53 Å². The van der Waals surface area contributed by atoms with Crippen molar-refractivity contribution in [1.29, 1.82) is 0 Å². The number of aliphatic carboxylic acids is 1. The molecule has 0 saturated carbocycles. The Hall–Kier alpha value is -1.02. The number of nitrogens with two attached hydrogens (primary N) is 1. The van der Waals surface area contributed by atoms with Crippen LogP contribution in [0.3, 0.4) is 0 Å². The number of thiazole rings is 1. The number of carbonyl (C=O) groups is 2. The van der Waals surface area contributed by atoms with Gasteiger partial charge in [-0.25, -0.2) is 14.6 Å². The van der Waals surface area contributed by atoms with Crippen molar-refractivity contribution in [2.24, 2.45) is 0 Å². The standard InChI is InChI=1S/C11H12Cl2N2O4S.ClH/c1-11(2,3)19-10(18)8-15-5(7(14)20-8)4(6(12)13)9(16)17;/h14H2,1-3H3,(H,16,17);1H. The van der Waals surface area contributed by atoms with Gasteiger partial charge in [-0.2, -0.15) is 0 Å². The van der Waals surface area contributed by atoms with Gasteiger partial charge in [-0.1, -0.05) is 34.5 Å². The van der Waals surface area contributed by atoms with Crippen molar-refractivity contribution in [3.8, 4) is 0 Å². The summed E-state index contributed by atoms with van der Waals surface area (Å²) in [6.07, 6.45) is 0. The summed E-state index contributed by atoms with van der Waals surface area (Å²) in [5.41, 5.74) is 4.34. The molecule has 1 aromatic rings. The molecule has 0 spiro atoms. The summed E-state index contributed by atoms with van der Waals surface area (Å²) < 4.78 is 4.62. The molecule has 1 rings (SSSR count). The first-order chi connectivity index (χ1) is 9.03. The van der Waals surface area contributed by atoms with Crippen molar-refractivity contribution in [2.45, 2.75) is 26.4 Å². The lowest BCUT2D eigenvalue weighted by Crippen LogP contribution is -2.23. The van der Waals surface area contributed by atoms with Crippen LogP contribution in [0.25, 0.3) is 5.57 Å². The van der Waals surface area contributed by atoms with Gasteiger partial charge in [0.2, 0.25) is 5.01 Å². The molecule has 0 amide bonds. The zero-order valence-corrected chi connectivity index (χ0v) is 14.4. The number of hydrogen-bond acceptors (Lipinski definition) is 6. The molecule has 6 nitrogen and oxygen atoms in total. The summed E-state index contributed by atoms with van der Waals surface area (Å²) in [6, 6.07) is 0. The van der Waals surface area contributed by atoms with Gasteiger partial charge >= 0.3 is 11.9 Å². The highest BCUT2D eigenvalue weighted by Crippen LogP contribution is 2.32.